The van der Waals surface area contributed by atoms with Gasteiger partial charge >= 0.3 is 0 Å². The van der Waals surface area contributed by atoms with Crippen LogP contribution in [0, 0.1) is 5.92 Å². The number of nitrogens with zero attached hydrogens (tertiary/aromatic N) is 1. The summed E-state index contributed by atoms with van der Waals surface area (Å²) < 4.78 is 0. The summed E-state index contributed by atoms with van der Waals surface area (Å²) in [4.78, 5) is 4.17. The van der Waals surface area contributed by atoms with Crippen molar-refractivity contribution >= 4 is 0 Å². The van der Waals surface area contributed by atoms with Crippen molar-refractivity contribution in [1.29, 1.82) is 0 Å². The highest BCUT2D eigenvalue weighted by molar-refractivity contribution is 5.62. The number of aromatic nitrogens is 1. The Bertz CT molecular complexity index is 486. The summed E-state index contributed by atoms with van der Waals surface area (Å²) >= 11 is 0. The predicted octanol–water partition coefficient (Wildman–Crippen LogP) is 4.09. The van der Waals surface area contributed by atoms with Gasteiger partial charge in [-0.2, -0.15) is 0 Å². The van der Waals surface area contributed by atoms with Crippen LogP contribution in [0.4, 0.5) is 0 Å². The molecule has 0 amide bonds. The minimum absolute atomic E-state index is 1.01. The average Bonchev–Trinajstić information content (AvgIpc) is 3.22. The average molecular weight is 223 g/mol. The first-order valence-electron chi connectivity index (χ1n) is 6.41. The Balaban J connectivity index is 1.78. The van der Waals surface area contributed by atoms with E-state index >= 15 is 0 Å². The number of hydrogen-bond donors (Lipinski definition) is 0. The lowest BCUT2D eigenvalue weighted by Gasteiger charge is -2.05. The summed E-state index contributed by atoms with van der Waals surface area (Å²) in [5.74, 6) is 1.01. The Morgan fingerprint density at radius 3 is 2.71 bits per heavy atom. The Morgan fingerprint density at radius 2 is 1.94 bits per heavy atom. The maximum absolute atomic E-state index is 4.17. The minimum atomic E-state index is 1.01. The minimum Gasteiger partial charge on any atom is -0.264 e. The molecule has 17 heavy (non-hydrogen) atoms. The zero-order valence-corrected chi connectivity index (χ0v) is 9.97. The molecule has 0 unspecified atom stereocenters. The number of aryl methyl sites for hydroxylation is 1. The second kappa shape index (κ2) is 4.70. The lowest BCUT2D eigenvalue weighted by Crippen LogP contribution is -1.88. The molecule has 1 heterocycles. The molecule has 1 aliphatic carbocycles. The van der Waals surface area contributed by atoms with Crippen molar-refractivity contribution in [1.82, 2.24) is 4.98 Å². The first kappa shape index (κ1) is 10.5. The number of rotatable bonds is 4. The highest BCUT2D eigenvalue weighted by atomic mass is 14.6. The van der Waals surface area contributed by atoms with E-state index in [0.29, 0.717) is 0 Å². The number of pyridine rings is 1. The van der Waals surface area contributed by atoms with Gasteiger partial charge in [-0.05, 0) is 41.5 Å². The maximum Gasteiger partial charge on any atom is 0.0346 e. The fourth-order valence-electron chi connectivity index (χ4n) is 2.22. The van der Waals surface area contributed by atoms with E-state index in [1.807, 2.05) is 18.5 Å². The number of benzene rings is 1. The van der Waals surface area contributed by atoms with Gasteiger partial charge in [0.15, 0.2) is 0 Å². The normalized spacial score (nSPS) is 14.8. The number of hydrogen-bond acceptors (Lipinski definition) is 1. The Hall–Kier alpha value is -1.63. The second-order valence-corrected chi connectivity index (χ2v) is 4.92. The van der Waals surface area contributed by atoms with E-state index < -0.39 is 0 Å². The summed E-state index contributed by atoms with van der Waals surface area (Å²) in [7, 11) is 0. The molecule has 1 fully saturated rings. The van der Waals surface area contributed by atoms with Crippen LogP contribution in [0.15, 0.2) is 48.8 Å². The molecule has 1 nitrogen and oxygen atoms in total. The summed E-state index contributed by atoms with van der Waals surface area (Å²) in [5, 5.41) is 0. The van der Waals surface area contributed by atoms with Gasteiger partial charge in [0, 0.05) is 12.4 Å². The van der Waals surface area contributed by atoms with Gasteiger partial charge in [0.1, 0.15) is 0 Å². The third-order valence-corrected chi connectivity index (χ3v) is 3.46. The third kappa shape index (κ3) is 2.73. The molecular formula is C16H17N. The lowest BCUT2D eigenvalue weighted by molar-refractivity contribution is 0.727. The van der Waals surface area contributed by atoms with Gasteiger partial charge < -0.3 is 0 Å². The molecule has 1 aromatic heterocycles. The van der Waals surface area contributed by atoms with Crippen LogP contribution in [0.25, 0.3) is 11.1 Å². The molecule has 2 aromatic rings. The fourth-order valence-corrected chi connectivity index (χ4v) is 2.22. The van der Waals surface area contributed by atoms with E-state index in [9.17, 15) is 0 Å². The van der Waals surface area contributed by atoms with Gasteiger partial charge in [-0.3, -0.25) is 4.98 Å². The van der Waals surface area contributed by atoms with Gasteiger partial charge in [0.25, 0.3) is 0 Å². The summed E-state index contributed by atoms with van der Waals surface area (Å²) in [6, 6.07) is 13.0. The second-order valence-electron chi connectivity index (χ2n) is 4.92. The summed E-state index contributed by atoms with van der Waals surface area (Å²) in [6.07, 6.45) is 9.22. The van der Waals surface area contributed by atoms with Crippen LogP contribution in [0.5, 0.6) is 0 Å². The molecule has 0 bridgehead atoms. The molecule has 0 saturated heterocycles. The third-order valence-electron chi connectivity index (χ3n) is 3.46. The predicted molar refractivity (Wildman–Crippen MR) is 70.7 cm³/mol. The van der Waals surface area contributed by atoms with E-state index in [2.05, 4.69) is 35.3 Å². The molecular weight excluding hydrogens is 206 g/mol. The van der Waals surface area contributed by atoms with Crippen LogP contribution in [0.1, 0.15) is 24.8 Å². The highest BCUT2D eigenvalue weighted by Gasteiger charge is 2.20. The molecule has 0 N–H and O–H groups in total. The van der Waals surface area contributed by atoms with Crippen molar-refractivity contribution in [3.63, 3.8) is 0 Å². The van der Waals surface area contributed by atoms with Gasteiger partial charge in [0.2, 0.25) is 0 Å². The summed E-state index contributed by atoms with van der Waals surface area (Å²) in [5.41, 5.74) is 3.95. The maximum atomic E-state index is 4.17. The van der Waals surface area contributed by atoms with Crippen LogP contribution in [-0.4, -0.2) is 4.98 Å². The van der Waals surface area contributed by atoms with E-state index in [1.54, 1.807) is 0 Å². The zero-order chi connectivity index (χ0) is 11.5. The highest BCUT2D eigenvalue weighted by Crippen LogP contribution is 2.33. The smallest absolute Gasteiger partial charge is 0.0346 e. The first-order chi connectivity index (χ1) is 8.42. The van der Waals surface area contributed by atoms with E-state index in [-0.39, 0.29) is 0 Å². The molecule has 1 saturated carbocycles. The quantitative estimate of drug-likeness (QED) is 0.760. The standard InChI is InChI=1S/C16H17N/c1-3-14(9-8-13-6-7-13)11-15(4-1)16-5-2-10-17-12-16/h1-5,10-13H,6-9H2. The van der Waals surface area contributed by atoms with Crippen molar-refractivity contribution < 1.29 is 0 Å². The topological polar surface area (TPSA) is 12.9 Å². The van der Waals surface area contributed by atoms with Gasteiger partial charge in [-0.1, -0.05) is 43.2 Å². The molecule has 3 rings (SSSR count). The van der Waals surface area contributed by atoms with Crippen LogP contribution in [0.3, 0.4) is 0 Å². The molecule has 0 spiro atoms. The van der Waals surface area contributed by atoms with Crippen LogP contribution in [-0.2, 0) is 6.42 Å². The Labute approximate surface area is 103 Å². The van der Waals surface area contributed by atoms with Crippen molar-refractivity contribution in [3.8, 4) is 11.1 Å². The fraction of sp³-hybridized carbons (Fsp3) is 0.312. The molecule has 1 heteroatoms. The first-order valence-corrected chi connectivity index (χ1v) is 6.41. The van der Waals surface area contributed by atoms with Crippen molar-refractivity contribution in [2.75, 3.05) is 0 Å². The summed E-state index contributed by atoms with van der Waals surface area (Å²) in [6.45, 7) is 0. The monoisotopic (exact) mass is 223 g/mol. The van der Waals surface area contributed by atoms with E-state index in [4.69, 9.17) is 0 Å². The molecule has 86 valence electrons. The Kier molecular flexibility index (Phi) is 2.91. The zero-order valence-electron chi connectivity index (χ0n) is 9.97. The van der Waals surface area contributed by atoms with Crippen LogP contribution >= 0.6 is 0 Å². The largest absolute Gasteiger partial charge is 0.264 e. The van der Waals surface area contributed by atoms with Gasteiger partial charge in [-0.15, -0.1) is 0 Å². The molecule has 1 aromatic carbocycles. The van der Waals surface area contributed by atoms with Crippen molar-refractivity contribution in [2.45, 2.75) is 25.7 Å². The van der Waals surface area contributed by atoms with Crippen LogP contribution < -0.4 is 0 Å². The molecule has 1 aliphatic rings. The molecule has 0 radical (unpaired) electrons. The van der Waals surface area contributed by atoms with Gasteiger partial charge in [0.05, 0.1) is 0 Å². The molecule has 0 aliphatic heterocycles. The van der Waals surface area contributed by atoms with Crippen molar-refractivity contribution in [2.24, 2.45) is 5.92 Å². The Morgan fingerprint density at radius 1 is 1.06 bits per heavy atom. The molecule has 0 atom stereocenters. The van der Waals surface area contributed by atoms with Crippen LogP contribution in [0.2, 0.25) is 0 Å². The van der Waals surface area contributed by atoms with Gasteiger partial charge in [-0.25, -0.2) is 0 Å². The van der Waals surface area contributed by atoms with E-state index in [0.717, 1.165) is 5.92 Å². The SMILES string of the molecule is c1cncc(-c2cccc(CCC3CC3)c2)c1. The van der Waals surface area contributed by atoms with Crippen molar-refractivity contribution in [3.05, 3.63) is 54.4 Å². The lowest BCUT2D eigenvalue weighted by atomic mass is 10.0. The van der Waals surface area contributed by atoms with E-state index in [1.165, 1.54) is 42.4 Å².